The van der Waals surface area contributed by atoms with E-state index in [0.717, 1.165) is 33.0 Å². The highest BCUT2D eigenvalue weighted by atomic mass is 16.7. The Morgan fingerprint density at radius 3 is 2.30 bits per heavy atom. The van der Waals surface area contributed by atoms with Crippen molar-refractivity contribution >= 4 is 28.4 Å². The topological polar surface area (TPSA) is 115 Å². The van der Waals surface area contributed by atoms with Gasteiger partial charge in [0.05, 0.1) is 18.8 Å². The summed E-state index contributed by atoms with van der Waals surface area (Å²) in [6, 6.07) is 9.27. The van der Waals surface area contributed by atoms with Crippen LogP contribution in [0, 0.1) is 0 Å². The molecule has 0 bridgehead atoms. The molecule has 1 amide bonds. The van der Waals surface area contributed by atoms with Crippen molar-refractivity contribution < 1.29 is 38.7 Å². The van der Waals surface area contributed by atoms with Gasteiger partial charge in [-0.3, -0.25) is 0 Å². The maximum atomic E-state index is 13.3. The van der Waals surface area contributed by atoms with E-state index in [0.29, 0.717) is 53.3 Å². The lowest BCUT2D eigenvalue weighted by atomic mass is 9.81. The van der Waals surface area contributed by atoms with Crippen molar-refractivity contribution in [3.05, 3.63) is 64.2 Å². The van der Waals surface area contributed by atoms with E-state index in [-0.39, 0.29) is 32.7 Å². The standard InChI is InChI=1S/C31H31NO8/c1-31(2,3)40-30(36)32-8-6-17(7-9-32)26-21-10-19(13-33)20(14-34)11-22(21)27(28-23(26)15-37-29(28)35)18-4-5-24-25(12-18)39-16-38-24/h4-6,10-12,33-34H,7-9,13-16H2,1-3H3. The minimum Gasteiger partial charge on any atom is -0.457 e. The Hall–Kier alpha value is -4.08. The van der Waals surface area contributed by atoms with Crippen LogP contribution in [0.1, 0.15) is 59.8 Å². The van der Waals surface area contributed by atoms with Gasteiger partial charge in [0.2, 0.25) is 6.79 Å². The molecule has 0 radical (unpaired) electrons. The highest BCUT2D eigenvalue weighted by molar-refractivity contribution is 6.15. The van der Waals surface area contributed by atoms with Gasteiger partial charge in [-0.2, -0.15) is 0 Å². The third-order valence-electron chi connectivity index (χ3n) is 7.47. The lowest BCUT2D eigenvalue weighted by Crippen LogP contribution is -2.39. The number of ether oxygens (including phenoxy) is 4. The van der Waals surface area contributed by atoms with Crippen LogP contribution in [0.2, 0.25) is 0 Å². The first-order valence-electron chi connectivity index (χ1n) is 13.3. The van der Waals surface area contributed by atoms with E-state index in [1.165, 1.54) is 0 Å². The van der Waals surface area contributed by atoms with E-state index in [2.05, 4.69) is 0 Å². The molecule has 9 heteroatoms. The SMILES string of the molecule is CC(C)(C)OC(=O)N1CC=C(c2c3c(c(-c4ccc5c(c4)OCO5)c4cc(CO)c(CO)cc24)C(=O)OC3)CC1. The number of fused-ring (bicyclic) bond motifs is 3. The van der Waals surface area contributed by atoms with Crippen LogP contribution in [0.3, 0.4) is 0 Å². The number of nitrogens with zero attached hydrogens (tertiary/aromatic N) is 1. The zero-order chi connectivity index (χ0) is 28.2. The Morgan fingerprint density at radius 2 is 1.65 bits per heavy atom. The summed E-state index contributed by atoms with van der Waals surface area (Å²) in [5.41, 5.74) is 5.10. The molecule has 9 nitrogen and oxygen atoms in total. The average molecular weight is 546 g/mol. The summed E-state index contributed by atoms with van der Waals surface area (Å²) in [6.07, 6.45) is 2.17. The van der Waals surface area contributed by atoms with Crippen molar-refractivity contribution in [2.45, 2.75) is 52.6 Å². The Bertz CT molecular complexity index is 1580. The highest BCUT2D eigenvalue weighted by Crippen LogP contribution is 2.47. The van der Waals surface area contributed by atoms with Crippen LogP contribution in [0.4, 0.5) is 4.79 Å². The van der Waals surface area contributed by atoms with E-state index in [1.807, 2.05) is 57.2 Å². The van der Waals surface area contributed by atoms with Gasteiger partial charge in [0.15, 0.2) is 11.5 Å². The number of hydrogen-bond donors (Lipinski definition) is 2. The Morgan fingerprint density at radius 1 is 0.950 bits per heavy atom. The molecule has 3 heterocycles. The maximum absolute atomic E-state index is 13.3. The lowest BCUT2D eigenvalue weighted by molar-refractivity contribution is 0.0270. The van der Waals surface area contributed by atoms with E-state index in [1.54, 1.807) is 4.90 Å². The Balaban J connectivity index is 1.56. The molecule has 40 heavy (non-hydrogen) atoms. The average Bonchev–Trinajstić information content (AvgIpc) is 3.56. The third-order valence-corrected chi connectivity index (χ3v) is 7.47. The number of cyclic esters (lactones) is 1. The van der Waals surface area contributed by atoms with E-state index in [4.69, 9.17) is 18.9 Å². The van der Waals surface area contributed by atoms with Gasteiger partial charge >= 0.3 is 12.1 Å². The number of amides is 1. The fourth-order valence-electron chi connectivity index (χ4n) is 5.66. The number of aliphatic hydroxyl groups is 2. The molecule has 0 saturated carbocycles. The predicted molar refractivity (Wildman–Crippen MR) is 147 cm³/mol. The molecule has 0 saturated heterocycles. The zero-order valence-electron chi connectivity index (χ0n) is 22.7. The largest absolute Gasteiger partial charge is 0.457 e. The second-order valence-corrected chi connectivity index (χ2v) is 11.1. The maximum Gasteiger partial charge on any atom is 0.410 e. The van der Waals surface area contributed by atoms with Gasteiger partial charge in [-0.1, -0.05) is 12.1 Å². The minimum atomic E-state index is -0.592. The van der Waals surface area contributed by atoms with Crippen LogP contribution < -0.4 is 9.47 Å². The van der Waals surface area contributed by atoms with Crippen LogP contribution in [-0.2, 0) is 29.3 Å². The summed E-state index contributed by atoms with van der Waals surface area (Å²) >= 11 is 0. The molecular formula is C31H31NO8. The quantitative estimate of drug-likeness (QED) is 0.445. The number of carbonyl (C=O) groups is 2. The van der Waals surface area contributed by atoms with Gasteiger partial charge in [0.1, 0.15) is 12.2 Å². The first-order chi connectivity index (χ1) is 19.2. The molecule has 2 N–H and O–H groups in total. The monoisotopic (exact) mass is 545 g/mol. The van der Waals surface area contributed by atoms with Crippen molar-refractivity contribution in [3.63, 3.8) is 0 Å². The molecule has 6 rings (SSSR count). The summed E-state index contributed by atoms with van der Waals surface area (Å²) in [5.74, 6) is 0.792. The Kier molecular flexibility index (Phi) is 6.43. The smallest absolute Gasteiger partial charge is 0.410 e. The second-order valence-electron chi connectivity index (χ2n) is 11.1. The minimum absolute atomic E-state index is 0.111. The molecule has 3 aromatic rings. The molecule has 0 aliphatic carbocycles. The van der Waals surface area contributed by atoms with E-state index < -0.39 is 11.6 Å². The van der Waals surface area contributed by atoms with E-state index in [9.17, 15) is 19.8 Å². The molecule has 0 unspecified atom stereocenters. The summed E-state index contributed by atoms with van der Waals surface area (Å²) in [5, 5.41) is 21.8. The second kappa shape index (κ2) is 9.83. The fraction of sp³-hybridized carbons (Fsp3) is 0.355. The van der Waals surface area contributed by atoms with Crippen molar-refractivity contribution in [1.82, 2.24) is 4.90 Å². The highest BCUT2D eigenvalue weighted by Gasteiger charge is 2.34. The third kappa shape index (κ3) is 4.45. The van der Waals surface area contributed by atoms with Crippen LogP contribution in [0.25, 0.3) is 27.5 Å². The van der Waals surface area contributed by atoms with Crippen molar-refractivity contribution in [2.75, 3.05) is 19.9 Å². The molecule has 0 aromatic heterocycles. The molecule has 0 atom stereocenters. The predicted octanol–water partition coefficient (Wildman–Crippen LogP) is 4.91. The number of benzene rings is 3. The zero-order valence-corrected chi connectivity index (χ0v) is 22.7. The lowest BCUT2D eigenvalue weighted by Gasteiger charge is -2.30. The summed E-state index contributed by atoms with van der Waals surface area (Å²) in [7, 11) is 0. The van der Waals surface area contributed by atoms with Gasteiger partial charge < -0.3 is 34.1 Å². The van der Waals surface area contributed by atoms with Crippen LogP contribution in [0.15, 0.2) is 36.4 Å². The Labute approximate surface area is 231 Å². The molecule has 0 spiro atoms. The fourth-order valence-corrected chi connectivity index (χ4v) is 5.66. The van der Waals surface area contributed by atoms with Gasteiger partial charge in [-0.25, -0.2) is 9.59 Å². The number of rotatable bonds is 4. The molecule has 3 aliphatic rings. The summed E-state index contributed by atoms with van der Waals surface area (Å²) < 4.78 is 22.3. The van der Waals surface area contributed by atoms with Crippen LogP contribution >= 0.6 is 0 Å². The first kappa shape index (κ1) is 26.2. The molecule has 0 fully saturated rings. The van der Waals surface area contributed by atoms with Crippen molar-refractivity contribution in [3.8, 4) is 22.6 Å². The normalized spacial score (nSPS) is 16.2. The van der Waals surface area contributed by atoms with E-state index >= 15 is 0 Å². The van der Waals surface area contributed by atoms with Gasteiger partial charge in [-0.15, -0.1) is 0 Å². The summed E-state index contributed by atoms with van der Waals surface area (Å²) in [4.78, 5) is 27.6. The summed E-state index contributed by atoms with van der Waals surface area (Å²) in [6.45, 7) is 6.05. The number of carbonyl (C=O) groups excluding carboxylic acids is 2. The molecule has 208 valence electrons. The molecular weight excluding hydrogens is 514 g/mol. The number of esters is 1. The van der Waals surface area contributed by atoms with Crippen LogP contribution in [0.5, 0.6) is 11.5 Å². The molecule has 3 aromatic carbocycles. The van der Waals surface area contributed by atoms with Crippen LogP contribution in [-0.4, -0.2) is 52.7 Å². The number of aliphatic hydroxyl groups excluding tert-OH is 2. The van der Waals surface area contributed by atoms with Gasteiger partial charge in [-0.05, 0) is 90.1 Å². The van der Waals surface area contributed by atoms with Crippen molar-refractivity contribution in [2.24, 2.45) is 0 Å². The van der Waals surface area contributed by atoms with Crippen molar-refractivity contribution in [1.29, 1.82) is 0 Å². The molecule has 3 aliphatic heterocycles. The van der Waals surface area contributed by atoms with Gasteiger partial charge in [0, 0.05) is 24.2 Å². The van der Waals surface area contributed by atoms with Gasteiger partial charge in [0.25, 0.3) is 0 Å². The first-order valence-corrected chi connectivity index (χ1v) is 13.3. The number of hydrogen-bond acceptors (Lipinski definition) is 8.